The number of hydrogen-bond donors (Lipinski definition) is 0. The molecule has 0 fully saturated rings. The van der Waals surface area contributed by atoms with Crippen molar-refractivity contribution >= 4 is 11.6 Å². The molecule has 0 N–H and O–H groups in total. The van der Waals surface area contributed by atoms with Crippen LogP contribution in [0.1, 0.15) is 6.92 Å². The Morgan fingerprint density at radius 3 is 2.45 bits per heavy atom. The Kier molecular flexibility index (Phi) is 4.52. The molecule has 0 aliphatic rings. The third-order valence-electron chi connectivity index (χ3n) is 0.796. The van der Waals surface area contributed by atoms with E-state index in [9.17, 15) is 13.2 Å². The molecule has 0 aliphatic heterocycles. The van der Waals surface area contributed by atoms with Gasteiger partial charge in [-0.1, -0.05) is 11.6 Å². The zero-order valence-electron chi connectivity index (χ0n) is 5.78. The first-order chi connectivity index (χ1) is 4.98. The fourth-order valence-electron chi connectivity index (χ4n) is 0.333. The Hall–Kier alpha value is -0.220. The Morgan fingerprint density at radius 2 is 2.09 bits per heavy atom. The minimum atomic E-state index is -4.46. The summed E-state index contributed by atoms with van der Waals surface area (Å²) in [6.45, 7) is 2.70. The lowest BCUT2D eigenvalue weighted by Gasteiger charge is -2.03. The van der Waals surface area contributed by atoms with E-state index < -0.39 is 11.2 Å². The van der Waals surface area contributed by atoms with E-state index >= 15 is 0 Å². The number of allylic oxidation sites excluding steroid dienone is 1. The first kappa shape index (κ1) is 10.8. The first-order valence-corrected chi connectivity index (χ1v) is 3.18. The minimum Gasteiger partial charge on any atom is -0.372 e. The van der Waals surface area contributed by atoms with E-state index in [1.807, 2.05) is 0 Å². The van der Waals surface area contributed by atoms with Crippen molar-refractivity contribution in [1.29, 1.82) is 0 Å². The third-order valence-corrected chi connectivity index (χ3v) is 1.16. The van der Waals surface area contributed by atoms with Gasteiger partial charge in [-0.15, -0.1) is 0 Å². The van der Waals surface area contributed by atoms with E-state index in [4.69, 9.17) is 11.6 Å². The van der Waals surface area contributed by atoms with Gasteiger partial charge in [-0.2, -0.15) is 13.2 Å². The van der Waals surface area contributed by atoms with Crippen molar-refractivity contribution in [3.8, 4) is 0 Å². The smallest absolute Gasteiger partial charge is 0.372 e. The van der Waals surface area contributed by atoms with Crippen molar-refractivity contribution in [2.24, 2.45) is 0 Å². The van der Waals surface area contributed by atoms with Gasteiger partial charge < -0.3 is 4.74 Å². The van der Waals surface area contributed by atoms with Gasteiger partial charge in [0.25, 0.3) is 0 Å². The average Bonchev–Trinajstić information content (AvgIpc) is 1.86. The van der Waals surface area contributed by atoms with Crippen LogP contribution in [0.4, 0.5) is 13.2 Å². The molecule has 5 heteroatoms. The van der Waals surface area contributed by atoms with Crippen molar-refractivity contribution in [2.75, 3.05) is 6.61 Å². The second-order valence-electron chi connectivity index (χ2n) is 1.62. The van der Waals surface area contributed by atoms with Crippen molar-refractivity contribution in [1.82, 2.24) is 0 Å². The molecule has 65 valence electrons. The summed E-state index contributed by atoms with van der Waals surface area (Å²) >= 11 is 4.83. The monoisotopic (exact) mass is 187 g/mol. The highest BCUT2D eigenvalue weighted by Crippen LogP contribution is 2.28. The second-order valence-corrected chi connectivity index (χ2v) is 2.03. The molecule has 0 amide bonds. The van der Waals surface area contributed by atoms with Crippen LogP contribution in [0.5, 0.6) is 0 Å². The fraction of sp³-hybridized carbons (Fsp3) is 0.500. The van der Waals surface area contributed by atoms with E-state index in [0.29, 0.717) is 0 Å². The molecule has 0 aromatic heterocycles. The summed E-state index contributed by atoms with van der Waals surface area (Å²) in [6.07, 6.45) is -3.69. The van der Waals surface area contributed by atoms with Crippen LogP contribution in [0.25, 0.3) is 0 Å². The van der Waals surface area contributed by atoms with E-state index in [2.05, 4.69) is 4.74 Å². The van der Waals surface area contributed by atoms with Gasteiger partial charge in [0.05, 0.1) is 13.2 Å². The lowest BCUT2D eigenvalue weighted by Crippen LogP contribution is -2.07. The maximum Gasteiger partial charge on any atom is 0.426 e. The summed E-state index contributed by atoms with van der Waals surface area (Å²) < 4.78 is 39.3. The molecule has 0 heterocycles. The van der Waals surface area contributed by atoms with Crippen LogP contribution in [-0.4, -0.2) is 12.8 Å². The molecular formula is C6H7ClF3O. The van der Waals surface area contributed by atoms with Gasteiger partial charge in [-0.05, 0) is 13.0 Å². The molecular weight excluding hydrogens is 181 g/mol. The second kappa shape index (κ2) is 4.62. The zero-order valence-corrected chi connectivity index (χ0v) is 6.54. The predicted molar refractivity (Wildman–Crippen MR) is 35.9 cm³/mol. The largest absolute Gasteiger partial charge is 0.426 e. The van der Waals surface area contributed by atoms with Crippen LogP contribution in [0.2, 0.25) is 0 Å². The molecule has 0 aromatic rings. The molecule has 1 radical (unpaired) electrons. The maximum absolute atomic E-state index is 11.6. The Morgan fingerprint density at radius 1 is 1.55 bits per heavy atom. The van der Waals surface area contributed by atoms with E-state index in [1.54, 1.807) is 6.92 Å². The molecule has 0 rings (SSSR count). The lowest BCUT2D eigenvalue weighted by molar-refractivity contribution is -0.0849. The van der Waals surface area contributed by atoms with Crippen LogP contribution in [0, 0.1) is 6.61 Å². The normalized spacial score (nSPS) is 13.7. The summed E-state index contributed by atoms with van der Waals surface area (Å²) in [7, 11) is 0. The molecule has 0 spiro atoms. The molecule has 0 atom stereocenters. The fourth-order valence-corrected chi connectivity index (χ4v) is 0.396. The standard InChI is InChI=1S/C6H7ClF3O/c1-2-11-4-3-5(7)6(8,9)10/h2-3H,4H2,1H3/b5-3-. The molecule has 0 unspecified atom stereocenters. The van der Waals surface area contributed by atoms with E-state index in [-0.39, 0.29) is 6.61 Å². The molecule has 0 bridgehead atoms. The predicted octanol–water partition coefficient (Wildman–Crippen LogP) is 2.87. The summed E-state index contributed by atoms with van der Waals surface area (Å²) in [6, 6.07) is 0. The Bertz CT molecular complexity index is 141. The number of alkyl halides is 3. The van der Waals surface area contributed by atoms with Gasteiger partial charge in [-0.25, -0.2) is 0 Å². The van der Waals surface area contributed by atoms with Crippen molar-refractivity contribution in [3.63, 3.8) is 0 Å². The molecule has 0 saturated heterocycles. The summed E-state index contributed by atoms with van der Waals surface area (Å²) in [5, 5.41) is -1.15. The highest BCUT2D eigenvalue weighted by atomic mass is 35.5. The van der Waals surface area contributed by atoms with Crippen LogP contribution in [-0.2, 0) is 4.74 Å². The maximum atomic E-state index is 11.6. The SMILES string of the molecule is C[CH]OC/C=C(\Cl)C(F)(F)F. The van der Waals surface area contributed by atoms with Gasteiger partial charge in [0.15, 0.2) is 0 Å². The first-order valence-electron chi connectivity index (χ1n) is 2.80. The average molecular weight is 188 g/mol. The lowest BCUT2D eigenvalue weighted by atomic mass is 10.5. The van der Waals surface area contributed by atoms with E-state index in [1.165, 1.54) is 6.61 Å². The summed E-state index contributed by atoms with van der Waals surface area (Å²) in [5.74, 6) is 0. The number of hydrogen-bond acceptors (Lipinski definition) is 1. The third kappa shape index (κ3) is 5.09. The van der Waals surface area contributed by atoms with Gasteiger partial charge in [-0.3, -0.25) is 0 Å². The van der Waals surface area contributed by atoms with Crippen molar-refractivity contribution < 1.29 is 17.9 Å². The van der Waals surface area contributed by atoms with Gasteiger partial charge in [0.1, 0.15) is 5.03 Å². The summed E-state index contributed by atoms with van der Waals surface area (Å²) in [5.41, 5.74) is 0. The topological polar surface area (TPSA) is 9.23 Å². The molecule has 1 nitrogen and oxygen atoms in total. The summed E-state index contributed by atoms with van der Waals surface area (Å²) in [4.78, 5) is 0. The minimum absolute atomic E-state index is 0.158. The van der Waals surface area contributed by atoms with Crippen LogP contribution >= 0.6 is 11.6 Å². The number of ether oxygens (including phenoxy) is 1. The molecule has 0 saturated carbocycles. The van der Waals surface area contributed by atoms with Gasteiger partial charge in [0.2, 0.25) is 0 Å². The van der Waals surface area contributed by atoms with Crippen LogP contribution in [0.15, 0.2) is 11.1 Å². The van der Waals surface area contributed by atoms with Gasteiger partial charge in [0, 0.05) is 0 Å². The molecule has 11 heavy (non-hydrogen) atoms. The van der Waals surface area contributed by atoms with Gasteiger partial charge >= 0.3 is 6.18 Å². The Balaban J connectivity index is 3.81. The van der Waals surface area contributed by atoms with Crippen LogP contribution in [0.3, 0.4) is 0 Å². The molecule has 0 aliphatic carbocycles. The van der Waals surface area contributed by atoms with Crippen molar-refractivity contribution in [3.05, 3.63) is 17.7 Å². The number of halogens is 4. The quantitative estimate of drug-likeness (QED) is 0.618. The highest BCUT2D eigenvalue weighted by molar-refractivity contribution is 6.30. The molecule has 0 aromatic carbocycles. The van der Waals surface area contributed by atoms with Crippen molar-refractivity contribution in [2.45, 2.75) is 13.1 Å². The van der Waals surface area contributed by atoms with E-state index in [0.717, 1.165) is 6.08 Å². The van der Waals surface area contributed by atoms with Crippen LogP contribution < -0.4 is 0 Å². The zero-order chi connectivity index (χ0) is 8.91. The number of rotatable bonds is 3. The highest BCUT2D eigenvalue weighted by Gasteiger charge is 2.31. The Labute approximate surface area is 67.8 Å².